The van der Waals surface area contributed by atoms with Gasteiger partial charge in [-0.15, -0.1) is 0 Å². The van der Waals surface area contributed by atoms with E-state index in [9.17, 15) is 9.59 Å². The zero-order chi connectivity index (χ0) is 13.7. The van der Waals surface area contributed by atoms with E-state index in [0.717, 1.165) is 12.1 Å². The molecule has 2 rings (SSSR count). The largest absolute Gasteiger partial charge is 0.467 e. The van der Waals surface area contributed by atoms with Crippen LogP contribution in [0.15, 0.2) is 30.3 Å². The van der Waals surface area contributed by atoms with Crippen molar-refractivity contribution in [2.45, 2.75) is 18.9 Å². The monoisotopic (exact) mass is 262 g/mol. The molecule has 0 saturated carbocycles. The molecular formula is C14H18N2O3. The van der Waals surface area contributed by atoms with Gasteiger partial charge in [-0.25, -0.2) is 4.79 Å². The van der Waals surface area contributed by atoms with Crippen molar-refractivity contribution in [3.05, 3.63) is 30.3 Å². The second kappa shape index (κ2) is 6.22. The summed E-state index contributed by atoms with van der Waals surface area (Å²) in [5.41, 5.74) is 0.893. The van der Waals surface area contributed by atoms with Crippen LogP contribution in [-0.4, -0.2) is 43.0 Å². The predicted octanol–water partition coefficient (Wildman–Crippen LogP) is 1.26. The molecule has 1 atom stereocenters. The number of rotatable bonds is 4. The quantitative estimate of drug-likeness (QED) is 0.830. The lowest BCUT2D eigenvalue weighted by Crippen LogP contribution is -2.43. The number of methoxy groups -OCH3 is 1. The SMILES string of the molecule is COC(=O)C1CCCN1C(=O)CNc1ccccc1. The fourth-order valence-corrected chi connectivity index (χ4v) is 2.28. The molecule has 1 heterocycles. The van der Waals surface area contributed by atoms with Crippen LogP contribution in [0.5, 0.6) is 0 Å². The van der Waals surface area contributed by atoms with Crippen LogP contribution in [0.3, 0.4) is 0 Å². The molecule has 0 aliphatic carbocycles. The van der Waals surface area contributed by atoms with Gasteiger partial charge in [0.25, 0.3) is 0 Å². The lowest BCUT2D eigenvalue weighted by molar-refractivity contribution is -0.150. The first-order chi connectivity index (χ1) is 9.22. The van der Waals surface area contributed by atoms with Crippen LogP contribution in [-0.2, 0) is 14.3 Å². The third-order valence-corrected chi connectivity index (χ3v) is 3.26. The predicted molar refractivity (Wildman–Crippen MR) is 71.7 cm³/mol. The molecule has 0 aromatic heterocycles. The number of carbonyl (C=O) groups is 2. The molecule has 5 heteroatoms. The standard InChI is InChI=1S/C14H18N2O3/c1-19-14(18)12-8-5-9-16(12)13(17)10-15-11-6-3-2-4-7-11/h2-4,6-7,12,15H,5,8-10H2,1H3. The van der Waals surface area contributed by atoms with Crippen molar-refractivity contribution in [3.8, 4) is 0 Å². The summed E-state index contributed by atoms with van der Waals surface area (Å²) in [6.07, 6.45) is 1.53. The van der Waals surface area contributed by atoms with Gasteiger partial charge in [0.15, 0.2) is 0 Å². The minimum absolute atomic E-state index is 0.0725. The number of likely N-dealkylation sites (tertiary alicyclic amines) is 1. The highest BCUT2D eigenvalue weighted by Gasteiger charge is 2.34. The zero-order valence-electron chi connectivity index (χ0n) is 11.0. The highest BCUT2D eigenvalue weighted by molar-refractivity contribution is 5.87. The number of nitrogens with one attached hydrogen (secondary N) is 1. The molecule has 0 spiro atoms. The maximum atomic E-state index is 12.1. The molecule has 0 radical (unpaired) electrons. The van der Waals surface area contributed by atoms with Crippen LogP contribution in [0.4, 0.5) is 5.69 Å². The molecule has 1 fully saturated rings. The fourth-order valence-electron chi connectivity index (χ4n) is 2.28. The number of carbonyl (C=O) groups excluding carboxylic acids is 2. The van der Waals surface area contributed by atoms with E-state index in [1.54, 1.807) is 4.90 Å². The Bertz CT molecular complexity index is 447. The van der Waals surface area contributed by atoms with Gasteiger partial charge < -0.3 is 15.0 Å². The third-order valence-electron chi connectivity index (χ3n) is 3.26. The molecule has 1 aromatic rings. The lowest BCUT2D eigenvalue weighted by Gasteiger charge is -2.22. The Kier molecular flexibility index (Phi) is 4.39. The summed E-state index contributed by atoms with van der Waals surface area (Å²) < 4.78 is 4.72. The fraction of sp³-hybridized carbons (Fsp3) is 0.429. The van der Waals surface area contributed by atoms with Gasteiger partial charge in [0.1, 0.15) is 6.04 Å². The van der Waals surface area contributed by atoms with Crippen LogP contribution >= 0.6 is 0 Å². The van der Waals surface area contributed by atoms with Gasteiger partial charge in [-0.1, -0.05) is 18.2 Å². The second-order valence-electron chi connectivity index (χ2n) is 4.49. The number of para-hydroxylation sites is 1. The molecule has 19 heavy (non-hydrogen) atoms. The smallest absolute Gasteiger partial charge is 0.328 e. The number of hydrogen-bond acceptors (Lipinski definition) is 4. The summed E-state index contributed by atoms with van der Waals surface area (Å²) in [5, 5.41) is 3.06. The van der Waals surface area contributed by atoms with Crippen LogP contribution < -0.4 is 5.32 Å². The molecule has 1 aliphatic rings. The summed E-state index contributed by atoms with van der Waals surface area (Å²) in [7, 11) is 1.35. The molecular weight excluding hydrogens is 244 g/mol. The summed E-state index contributed by atoms with van der Waals surface area (Å²) in [6.45, 7) is 0.812. The first-order valence-electron chi connectivity index (χ1n) is 6.38. The van der Waals surface area contributed by atoms with Crippen molar-refractivity contribution in [1.82, 2.24) is 4.90 Å². The molecule has 5 nitrogen and oxygen atoms in total. The van der Waals surface area contributed by atoms with Gasteiger partial charge in [-0.2, -0.15) is 0 Å². The van der Waals surface area contributed by atoms with Crippen LogP contribution in [0.2, 0.25) is 0 Å². The Morgan fingerprint density at radius 2 is 2.11 bits per heavy atom. The van der Waals surface area contributed by atoms with Crippen LogP contribution in [0.1, 0.15) is 12.8 Å². The molecule has 1 unspecified atom stereocenters. The number of ether oxygens (including phenoxy) is 1. The van der Waals surface area contributed by atoms with E-state index in [0.29, 0.717) is 13.0 Å². The molecule has 1 aromatic carbocycles. The van der Waals surface area contributed by atoms with Gasteiger partial charge in [-0.05, 0) is 25.0 Å². The topological polar surface area (TPSA) is 58.6 Å². The molecule has 1 N–H and O–H groups in total. The van der Waals surface area contributed by atoms with E-state index in [4.69, 9.17) is 4.74 Å². The minimum Gasteiger partial charge on any atom is -0.467 e. The van der Waals surface area contributed by atoms with E-state index in [-0.39, 0.29) is 18.4 Å². The van der Waals surface area contributed by atoms with Gasteiger partial charge in [-0.3, -0.25) is 4.79 Å². The number of hydrogen-bond donors (Lipinski definition) is 1. The number of anilines is 1. The van der Waals surface area contributed by atoms with E-state index in [1.807, 2.05) is 30.3 Å². The third kappa shape index (κ3) is 3.24. The van der Waals surface area contributed by atoms with Crippen LogP contribution in [0, 0.1) is 0 Å². The van der Waals surface area contributed by atoms with Gasteiger partial charge in [0, 0.05) is 12.2 Å². The summed E-state index contributed by atoms with van der Waals surface area (Å²) in [6, 6.07) is 9.10. The minimum atomic E-state index is -0.421. The molecule has 0 bridgehead atoms. The van der Waals surface area contributed by atoms with Crippen molar-refractivity contribution >= 4 is 17.6 Å². The molecule has 1 amide bonds. The second-order valence-corrected chi connectivity index (χ2v) is 4.49. The molecule has 102 valence electrons. The Balaban J connectivity index is 1.90. The van der Waals surface area contributed by atoms with E-state index in [2.05, 4.69) is 5.32 Å². The summed E-state index contributed by atoms with van der Waals surface area (Å²) >= 11 is 0. The molecule has 1 aliphatic heterocycles. The average molecular weight is 262 g/mol. The maximum absolute atomic E-state index is 12.1. The van der Waals surface area contributed by atoms with E-state index >= 15 is 0 Å². The van der Waals surface area contributed by atoms with Crippen molar-refractivity contribution < 1.29 is 14.3 Å². The maximum Gasteiger partial charge on any atom is 0.328 e. The van der Waals surface area contributed by atoms with Gasteiger partial charge in [0.2, 0.25) is 5.91 Å². The number of nitrogens with zero attached hydrogens (tertiary/aromatic N) is 1. The number of amides is 1. The zero-order valence-corrected chi connectivity index (χ0v) is 11.0. The number of benzene rings is 1. The first kappa shape index (κ1) is 13.4. The van der Waals surface area contributed by atoms with Crippen LogP contribution in [0.25, 0.3) is 0 Å². The Labute approximate surface area is 112 Å². The number of esters is 1. The lowest BCUT2D eigenvalue weighted by atomic mass is 10.2. The Morgan fingerprint density at radius 3 is 2.79 bits per heavy atom. The van der Waals surface area contributed by atoms with Gasteiger partial charge in [0.05, 0.1) is 13.7 Å². The highest BCUT2D eigenvalue weighted by atomic mass is 16.5. The van der Waals surface area contributed by atoms with Crippen molar-refractivity contribution in [3.63, 3.8) is 0 Å². The Morgan fingerprint density at radius 1 is 1.37 bits per heavy atom. The molecule has 1 saturated heterocycles. The highest BCUT2D eigenvalue weighted by Crippen LogP contribution is 2.18. The summed E-state index contributed by atoms with van der Waals surface area (Å²) in [5.74, 6) is -0.401. The van der Waals surface area contributed by atoms with E-state index in [1.165, 1.54) is 7.11 Å². The van der Waals surface area contributed by atoms with E-state index < -0.39 is 6.04 Å². The van der Waals surface area contributed by atoms with Crippen molar-refractivity contribution in [1.29, 1.82) is 0 Å². The normalized spacial score (nSPS) is 18.2. The Hall–Kier alpha value is -2.04. The summed E-state index contributed by atoms with van der Waals surface area (Å²) in [4.78, 5) is 25.3. The van der Waals surface area contributed by atoms with Crippen molar-refractivity contribution in [2.24, 2.45) is 0 Å². The van der Waals surface area contributed by atoms with Crippen molar-refractivity contribution in [2.75, 3.05) is 25.5 Å². The first-order valence-corrected chi connectivity index (χ1v) is 6.38. The average Bonchev–Trinajstić information content (AvgIpc) is 2.94. The van der Waals surface area contributed by atoms with Gasteiger partial charge >= 0.3 is 5.97 Å².